The van der Waals surface area contributed by atoms with Crippen LogP contribution in [0.25, 0.3) is 5.57 Å². The third-order valence-corrected chi connectivity index (χ3v) is 7.49. The molecule has 0 aromatic heterocycles. The van der Waals surface area contributed by atoms with Gasteiger partial charge >= 0.3 is 0 Å². The van der Waals surface area contributed by atoms with Crippen molar-refractivity contribution in [3.05, 3.63) is 63.6 Å². The summed E-state index contributed by atoms with van der Waals surface area (Å²) in [7, 11) is -3.35. The summed E-state index contributed by atoms with van der Waals surface area (Å²) in [5.74, 6) is -0.337. The van der Waals surface area contributed by atoms with E-state index in [1.807, 2.05) is 18.2 Å². The summed E-state index contributed by atoms with van der Waals surface area (Å²) in [5, 5.41) is 3.56. The molecule has 0 spiro atoms. The number of carbonyl (C=O) groups is 1. The molecule has 0 saturated carbocycles. The Morgan fingerprint density at radius 1 is 1.13 bits per heavy atom. The lowest BCUT2D eigenvalue weighted by Crippen LogP contribution is -2.25. The molecule has 0 unspecified atom stereocenters. The maximum Gasteiger partial charge on any atom is 0.257 e. The summed E-state index contributed by atoms with van der Waals surface area (Å²) in [6.07, 6.45) is 3.32. The molecule has 2 aromatic carbocycles. The van der Waals surface area contributed by atoms with E-state index in [0.29, 0.717) is 42.6 Å². The van der Waals surface area contributed by atoms with Gasteiger partial charge in [-0.15, -0.1) is 0 Å². The Bertz CT molecular complexity index is 1130. The standard InChI is InChI=1S/C21H20Cl2N2O4S/c22-16-10-15(14-4-7-29-8-5-14)11-17(12-16)24-21(26)19-13-18(2-3-20(19)23)25-6-1-9-30(25,27)28/h2-4,10-13H,1,5-9H2,(H,24,26). The van der Waals surface area contributed by atoms with Crippen LogP contribution < -0.4 is 9.62 Å². The van der Waals surface area contributed by atoms with Gasteiger partial charge in [0.25, 0.3) is 5.91 Å². The van der Waals surface area contributed by atoms with Gasteiger partial charge in [0.15, 0.2) is 0 Å². The zero-order valence-electron chi connectivity index (χ0n) is 16.0. The Morgan fingerprint density at radius 2 is 1.97 bits per heavy atom. The number of anilines is 2. The van der Waals surface area contributed by atoms with Crippen molar-refractivity contribution in [3.63, 3.8) is 0 Å². The van der Waals surface area contributed by atoms with Crippen molar-refractivity contribution in [2.24, 2.45) is 0 Å². The molecule has 1 fully saturated rings. The number of rotatable bonds is 4. The van der Waals surface area contributed by atoms with E-state index < -0.39 is 15.9 Å². The molecule has 1 amide bonds. The number of carbonyl (C=O) groups excluding carboxylic acids is 1. The molecule has 2 aromatic rings. The summed E-state index contributed by atoms with van der Waals surface area (Å²) >= 11 is 12.5. The van der Waals surface area contributed by atoms with Gasteiger partial charge in [0.1, 0.15) is 0 Å². The number of nitrogens with zero attached hydrogens (tertiary/aromatic N) is 1. The maximum absolute atomic E-state index is 12.9. The van der Waals surface area contributed by atoms with Crippen LogP contribution in [0.3, 0.4) is 0 Å². The number of hydrogen-bond acceptors (Lipinski definition) is 4. The molecule has 1 saturated heterocycles. The highest BCUT2D eigenvalue weighted by atomic mass is 35.5. The lowest BCUT2D eigenvalue weighted by molar-refractivity contribution is 0.102. The maximum atomic E-state index is 12.9. The molecule has 4 rings (SSSR count). The Kier molecular flexibility index (Phi) is 6.06. The molecular weight excluding hydrogens is 447 g/mol. The molecule has 158 valence electrons. The molecule has 2 aliphatic heterocycles. The Hall–Kier alpha value is -2.06. The summed E-state index contributed by atoms with van der Waals surface area (Å²) in [4.78, 5) is 12.9. The van der Waals surface area contributed by atoms with Gasteiger partial charge in [-0.3, -0.25) is 9.10 Å². The van der Waals surface area contributed by atoms with Crippen LogP contribution in [0.15, 0.2) is 42.5 Å². The minimum atomic E-state index is -3.35. The first kappa shape index (κ1) is 21.2. The normalized spacial score (nSPS) is 18.2. The first-order valence-electron chi connectivity index (χ1n) is 9.52. The highest BCUT2D eigenvalue weighted by molar-refractivity contribution is 7.93. The molecule has 0 atom stereocenters. The Balaban J connectivity index is 1.61. The van der Waals surface area contributed by atoms with Crippen molar-refractivity contribution in [2.45, 2.75) is 12.8 Å². The van der Waals surface area contributed by atoms with Crippen molar-refractivity contribution in [1.29, 1.82) is 0 Å². The lowest BCUT2D eigenvalue weighted by Gasteiger charge is -2.18. The van der Waals surface area contributed by atoms with E-state index in [1.165, 1.54) is 16.4 Å². The fourth-order valence-electron chi connectivity index (χ4n) is 3.61. The molecule has 0 radical (unpaired) electrons. The van der Waals surface area contributed by atoms with Crippen molar-refractivity contribution < 1.29 is 17.9 Å². The molecule has 30 heavy (non-hydrogen) atoms. The van der Waals surface area contributed by atoms with Gasteiger partial charge in [-0.05, 0) is 60.4 Å². The van der Waals surface area contributed by atoms with Gasteiger partial charge < -0.3 is 10.1 Å². The fraction of sp³-hybridized carbons (Fsp3) is 0.286. The Labute approximate surface area is 185 Å². The number of benzene rings is 2. The predicted octanol–water partition coefficient (Wildman–Crippen LogP) is 4.59. The number of sulfonamides is 1. The van der Waals surface area contributed by atoms with E-state index in [4.69, 9.17) is 27.9 Å². The minimum Gasteiger partial charge on any atom is -0.377 e. The Morgan fingerprint density at radius 3 is 2.67 bits per heavy atom. The van der Waals surface area contributed by atoms with E-state index in [9.17, 15) is 13.2 Å². The summed E-state index contributed by atoms with van der Waals surface area (Å²) in [5.41, 5.74) is 3.19. The highest BCUT2D eigenvalue weighted by Crippen LogP contribution is 2.31. The van der Waals surface area contributed by atoms with Crippen LogP contribution >= 0.6 is 23.2 Å². The van der Waals surface area contributed by atoms with Crippen LogP contribution in [0.5, 0.6) is 0 Å². The highest BCUT2D eigenvalue weighted by Gasteiger charge is 2.29. The minimum absolute atomic E-state index is 0.101. The first-order chi connectivity index (χ1) is 14.3. The van der Waals surface area contributed by atoms with Crippen molar-refractivity contribution in [1.82, 2.24) is 0 Å². The van der Waals surface area contributed by atoms with Crippen molar-refractivity contribution >= 4 is 56.1 Å². The van der Waals surface area contributed by atoms with Crippen LogP contribution in [0, 0.1) is 0 Å². The summed E-state index contributed by atoms with van der Waals surface area (Å²) in [6, 6.07) is 10.0. The number of amides is 1. The second kappa shape index (κ2) is 8.59. The molecule has 6 nitrogen and oxygen atoms in total. The second-order valence-electron chi connectivity index (χ2n) is 7.14. The largest absolute Gasteiger partial charge is 0.377 e. The van der Waals surface area contributed by atoms with Crippen LogP contribution in [-0.2, 0) is 14.8 Å². The smallest absolute Gasteiger partial charge is 0.257 e. The summed E-state index contributed by atoms with van der Waals surface area (Å²) in [6.45, 7) is 1.58. The van der Waals surface area contributed by atoms with Crippen LogP contribution in [0.2, 0.25) is 10.0 Å². The lowest BCUT2D eigenvalue weighted by atomic mass is 10.0. The quantitative estimate of drug-likeness (QED) is 0.714. The van der Waals surface area contributed by atoms with Gasteiger partial charge in [-0.2, -0.15) is 0 Å². The van der Waals surface area contributed by atoms with Gasteiger partial charge in [-0.25, -0.2) is 8.42 Å². The SMILES string of the molecule is O=C(Nc1cc(Cl)cc(C2=CCOCC2)c1)c1cc(N2CCCS2(=O)=O)ccc1Cl. The van der Waals surface area contributed by atoms with Crippen LogP contribution in [0.1, 0.15) is 28.8 Å². The molecule has 0 bridgehead atoms. The van der Waals surface area contributed by atoms with Crippen LogP contribution in [-0.4, -0.2) is 39.8 Å². The molecule has 2 heterocycles. The van der Waals surface area contributed by atoms with E-state index in [0.717, 1.165) is 17.6 Å². The average Bonchev–Trinajstić information content (AvgIpc) is 3.07. The van der Waals surface area contributed by atoms with E-state index in [1.54, 1.807) is 12.1 Å². The molecule has 1 N–H and O–H groups in total. The molecule has 0 aliphatic carbocycles. The topological polar surface area (TPSA) is 75.7 Å². The van der Waals surface area contributed by atoms with Gasteiger partial charge in [0, 0.05) is 17.3 Å². The average molecular weight is 467 g/mol. The molecule has 9 heteroatoms. The van der Waals surface area contributed by atoms with E-state index in [-0.39, 0.29) is 16.3 Å². The number of nitrogens with one attached hydrogen (secondary N) is 1. The second-order valence-corrected chi connectivity index (χ2v) is 10.00. The number of hydrogen-bond donors (Lipinski definition) is 1. The predicted molar refractivity (Wildman–Crippen MR) is 120 cm³/mol. The van der Waals surface area contributed by atoms with Gasteiger partial charge in [0.05, 0.1) is 35.2 Å². The summed E-state index contributed by atoms with van der Waals surface area (Å²) < 4.78 is 31.1. The first-order valence-corrected chi connectivity index (χ1v) is 11.9. The number of halogens is 2. The third-order valence-electron chi connectivity index (χ3n) is 5.07. The van der Waals surface area contributed by atoms with Gasteiger partial charge in [-0.1, -0.05) is 29.3 Å². The fourth-order valence-corrected chi connectivity index (χ4v) is 5.60. The van der Waals surface area contributed by atoms with E-state index in [2.05, 4.69) is 5.32 Å². The van der Waals surface area contributed by atoms with Gasteiger partial charge in [0.2, 0.25) is 10.0 Å². The van der Waals surface area contributed by atoms with Crippen molar-refractivity contribution in [2.75, 3.05) is 35.1 Å². The monoisotopic (exact) mass is 466 g/mol. The molecule has 2 aliphatic rings. The zero-order chi connectivity index (χ0) is 21.3. The van der Waals surface area contributed by atoms with Crippen LogP contribution in [0.4, 0.5) is 11.4 Å². The van der Waals surface area contributed by atoms with E-state index >= 15 is 0 Å². The molecular formula is C21H20Cl2N2O4S. The number of ether oxygens (including phenoxy) is 1. The third kappa shape index (κ3) is 4.49. The zero-order valence-corrected chi connectivity index (χ0v) is 18.4. The van der Waals surface area contributed by atoms with Crippen molar-refractivity contribution in [3.8, 4) is 0 Å².